The van der Waals surface area contributed by atoms with Crippen LogP contribution in [0, 0.1) is 0 Å². The Labute approximate surface area is 123 Å². The Morgan fingerprint density at radius 2 is 2.05 bits per heavy atom. The molecule has 0 aliphatic carbocycles. The maximum atomic E-state index is 11.8. The number of hydrogen-bond acceptors (Lipinski definition) is 5. The summed E-state index contributed by atoms with van der Waals surface area (Å²) in [5.41, 5.74) is 1.02. The minimum absolute atomic E-state index is 0.0554. The molecule has 1 saturated heterocycles. The zero-order valence-electron chi connectivity index (χ0n) is 12.3. The van der Waals surface area contributed by atoms with Crippen LogP contribution in [0.15, 0.2) is 18.2 Å². The molecule has 6 heteroatoms. The van der Waals surface area contributed by atoms with Gasteiger partial charge in [-0.05, 0) is 18.6 Å². The van der Waals surface area contributed by atoms with Gasteiger partial charge in [-0.15, -0.1) is 0 Å². The van der Waals surface area contributed by atoms with Gasteiger partial charge in [-0.25, -0.2) is 4.79 Å². The van der Waals surface area contributed by atoms with Gasteiger partial charge < -0.3 is 19.1 Å². The van der Waals surface area contributed by atoms with Gasteiger partial charge in [-0.2, -0.15) is 0 Å². The molecule has 1 fully saturated rings. The summed E-state index contributed by atoms with van der Waals surface area (Å²) < 4.78 is 15.2. The van der Waals surface area contributed by atoms with Crippen LogP contribution in [0.1, 0.15) is 23.2 Å². The van der Waals surface area contributed by atoms with Gasteiger partial charge in [0.05, 0.1) is 19.3 Å². The van der Waals surface area contributed by atoms with Crippen molar-refractivity contribution in [1.82, 2.24) is 0 Å². The molecule has 1 aliphatic rings. The fourth-order valence-corrected chi connectivity index (χ4v) is 2.22. The second-order valence-electron chi connectivity index (χ2n) is 4.70. The predicted octanol–water partition coefficient (Wildman–Crippen LogP) is 1.63. The lowest BCUT2D eigenvalue weighted by molar-refractivity contribution is -0.117. The van der Waals surface area contributed by atoms with Gasteiger partial charge in [0.25, 0.3) is 0 Å². The van der Waals surface area contributed by atoms with Crippen molar-refractivity contribution in [1.29, 1.82) is 0 Å². The quantitative estimate of drug-likeness (QED) is 0.589. The van der Waals surface area contributed by atoms with Gasteiger partial charge in [-0.3, -0.25) is 4.79 Å². The number of ether oxygens (including phenoxy) is 3. The third-order valence-electron chi connectivity index (χ3n) is 3.25. The van der Waals surface area contributed by atoms with Crippen LogP contribution in [0.25, 0.3) is 0 Å². The van der Waals surface area contributed by atoms with Crippen molar-refractivity contribution >= 4 is 17.6 Å². The molecule has 0 saturated carbocycles. The molecular formula is C15H19NO5. The monoisotopic (exact) mass is 293 g/mol. The van der Waals surface area contributed by atoms with E-state index in [4.69, 9.17) is 14.2 Å². The van der Waals surface area contributed by atoms with Gasteiger partial charge in [0.15, 0.2) is 0 Å². The summed E-state index contributed by atoms with van der Waals surface area (Å²) in [7, 11) is 2.91. The zero-order valence-corrected chi connectivity index (χ0v) is 12.3. The number of hydrogen-bond donors (Lipinski definition) is 0. The molecule has 0 aromatic heterocycles. The van der Waals surface area contributed by atoms with Crippen molar-refractivity contribution in [3.05, 3.63) is 23.8 Å². The van der Waals surface area contributed by atoms with Crippen molar-refractivity contribution in [3.8, 4) is 5.75 Å². The Balaban J connectivity index is 2.27. The van der Waals surface area contributed by atoms with E-state index in [2.05, 4.69) is 0 Å². The number of methoxy groups -OCH3 is 2. The molecule has 0 radical (unpaired) electrons. The lowest BCUT2D eigenvalue weighted by Crippen LogP contribution is -2.24. The average Bonchev–Trinajstić information content (AvgIpc) is 2.92. The highest BCUT2D eigenvalue weighted by molar-refractivity contribution is 5.98. The second kappa shape index (κ2) is 7.08. The number of nitrogens with zero attached hydrogens (tertiary/aromatic N) is 1. The maximum Gasteiger partial charge on any atom is 0.338 e. The van der Waals surface area contributed by atoms with Gasteiger partial charge in [0, 0.05) is 31.8 Å². The van der Waals surface area contributed by atoms with Gasteiger partial charge in [0.1, 0.15) is 12.4 Å². The van der Waals surface area contributed by atoms with Crippen LogP contribution in [0.5, 0.6) is 5.75 Å². The van der Waals surface area contributed by atoms with Crippen molar-refractivity contribution in [2.75, 3.05) is 38.9 Å². The molecule has 0 N–H and O–H groups in total. The fourth-order valence-electron chi connectivity index (χ4n) is 2.22. The molecule has 1 heterocycles. The summed E-state index contributed by atoms with van der Waals surface area (Å²) in [6, 6.07) is 5.01. The number of carbonyl (C=O) groups is 2. The van der Waals surface area contributed by atoms with Crippen LogP contribution in [-0.4, -0.2) is 45.9 Å². The highest BCUT2D eigenvalue weighted by Gasteiger charge is 2.23. The third-order valence-corrected chi connectivity index (χ3v) is 3.25. The maximum absolute atomic E-state index is 11.8. The Morgan fingerprint density at radius 1 is 1.24 bits per heavy atom. The predicted molar refractivity (Wildman–Crippen MR) is 76.7 cm³/mol. The van der Waals surface area contributed by atoms with Crippen LogP contribution in [0.2, 0.25) is 0 Å². The molecule has 1 aromatic rings. The standard InChI is InChI=1S/C15H19NO5/c1-19-6-7-21-13-9-11(15(18)20-2)8-12(10-13)16-5-3-4-14(16)17/h8-10H,3-7H2,1-2H3. The van der Waals surface area contributed by atoms with E-state index in [0.29, 0.717) is 43.2 Å². The summed E-state index contributed by atoms with van der Waals surface area (Å²) in [5, 5.41) is 0. The molecule has 0 atom stereocenters. The molecule has 1 aliphatic heterocycles. The van der Waals surface area contributed by atoms with Crippen molar-refractivity contribution in [2.45, 2.75) is 12.8 Å². The molecule has 114 valence electrons. The second-order valence-corrected chi connectivity index (χ2v) is 4.70. The van der Waals surface area contributed by atoms with E-state index >= 15 is 0 Å². The lowest BCUT2D eigenvalue weighted by Gasteiger charge is -2.18. The molecule has 1 aromatic carbocycles. The molecule has 1 amide bonds. The fraction of sp³-hybridized carbons (Fsp3) is 0.467. The number of anilines is 1. The smallest absolute Gasteiger partial charge is 0.338 e. The molecule has 0 bridgehead atoms. The van der Waals surface area contributed by atoms with Crippen LogP contribution < -0.4 is 9.64 Å². The lowest BCUT2D eigenvalue weighted by atomic mass is 10.1. The van der Waals surface area contributed by atoms with Crippen LogP contribution >= 0.6 is 0 Å². The minimum atomic E-state index is -0.458. The Morgan fingerprint density at radius 3 is 2.67 bits per heavy atom. The third kappa shape index (κ3) is 3.72. The number of esters is 1. The largest absolute Gasteiger partial charge is 0.491 e. The topological polar surface area (TPSA) is 65.1 Å². The normalized spacial score (nSPS) is 14.4. The molecule has 0 unspecified atom stereocenters. The molecular weight excluding hydrogens is 274 g/mol. The van der Waals surface area contributed by atoms with E-state index in [1.54, 1.807) is 30.2 Å². The summed E-state index contributed by atoms with van der Waals surface area (Å²) in [5.74, 6) is 0.115. The van der Waals surface area contributed by atoms with E-state index < -0.39 is 5.97 Å². The highest BCUT2D eigenvalue weighted by atomic mass is 16.5. The first kappa shape index (κ1) is 15.3. The van der Waals surface area contributed by atoms with E-state index in [-0.39, 0.29) is 5.91 Å². The zero-order chi connectivity index (χ0) is 15.2. The van der Waals surface area contributed by atoms with Gasteiger partial charge >= 0.3 is 5.97 Å². The molecule has 2 rings (SSSR count). The molecule has 21 heavy (non-hydrogen) atoms. The van der Waals surface area contributed by atoms with E-state index in [1.165, 1.54) is 7.11 Å². The summed E-state index contributed by atoms with van der Waals surface area (Å²) in [6.45, 7) is 1.47. The molecule has 0 spiro atoms. The average molecular weight is 293 g/mol. The van der Waals surface area contributed by atoms with E-state index in [0.717, 1.165) is 6.42 Å². The Hall–Kier alpha value is -2.08. The van der Waals surface area contributed by atoms with Crippen LogP contribution in [0.3, 0.4) is 0 Å². The Bertz CT molecular complexity index is 529. The first-order valence-electron chi connectivity index (χ1n) is 6.81. The first-order chi connectivity index (χ1) is 10.2. The SMILES string of the molecule is COCCOc1cc(C(=O)OC)cc(N2CCCC2=O)c1. The summed E-state index contributed by atoms with van der Waals surface area (Å²) >= 11 is 0. The first-order valence-corrected chi connectivity index (χ1v) is 6.81. The summed E-state index contributed by atoms with van der Waals surface area (Å²) in [4.78, 5) is 25.2. The van der Waals surface area contributed by atoms with Crippen LogP contribution in [-0.2, 0) is 14.3 Å². The van der Waals surface area contributed by atoms with E-state index in [1.807, 2.05) is 0 Å². The highest BCUT2D eigenvalue weighted by Crippen LogP contribution is 2.28. The number of amides is 1. The van der Waals surface area contributed by atoms with Crippen molar-refractivity contribution in [3.63, 3.8) is 0 Å². The Kier molecular flexibility index (Phi) is 5.16. The number of carbonyl (C=O) groups excluding carboxylic acids is 2. The van der Waals surface area contributed by atoms with E-state index in [9.17, 15) is 9.59 Å². The van der Waals surface area contributed by atoms with Crippen molar-refractivity contribution in [2.24, 2.45) is 0 Å². The van der Waals surface area contributed by atoms with Crippen molar-refractivity contribution < 1.29 is 23.8 Å². The van der Waals surface area contributed by atoms with Gasteiger partial charge in [0.2, 0.25) is 5.91 Å². The number of rotatable bonds is 6. The minimum Gasteiger partial charge on any atom is -0.491 e. The van der Waals surface area contributed by atoms with Gasteiger partial charge in [-0.1, -0.05) is 0 Å². The summed E-state index contributed by atoms with van der Waals surface area (Å²) in [6.07, 6.45) is 1.35. The van der Waals surface area contributed by atoms with Crippen LogP contribution in [0.4, 0.5) is 5.69 Å². The number of benzene rings is 1. The molecule has 6 nitrogen and oxygen atoms in total.